The van der Waals surface area contributed by atoms with Crippen LogP contribution in [0.25, 0.3) is 0 Å². The van der Waals surface area contributed by atoms with Gasteiger partial charge in [-0.2, -0.15) is 0 Å². The lowest BCUT2D eigenvalue weighted by atomic mass is 9.93. The number of likely N-dealkylation sites (N-methyl/N-ethyl adjacent to an activating group) is 1. The van der Waals surface area contributed by atoms with Crippen molar-refractivity contribution >= 4 is 0 Å². The standard InChI is InChI=1S/C10H25N3/c1-5-10(6-2,9-11)12-7-8-13(3)4/h12H,5-9,11H2,1-4H3. The lowest BCUT2D eigenvalue weighted by Crippen LogP contribution is -2.51. The van der Waals surface area contributed by atoms with Crippen LogP contribution in [0.3, 0.4) is 0 Å². The molecule has 3 N–H and O–H groups in total. The number of nitrogens with two attached hydrogens (primary N) is 1. The number of hydrogen-bond donors (Lipinski definition) is 2. The monoisotopic (exact) mass is 187 g/mol. The summed E-state index contributed by atoms with van der Waals surface area (Å²) in [6, 6.07) is 0. The summed E-state index contributed by atoms with van der Waals surface area (Å²) < 4.78 is 0. The summed E-state index contributed by atoms with van der Waals surface area (Å²) in [6.07, 6.45) is 2.21. The summed E-state index contributed by atoms with van der Waals surface area (Å²) in [5.41, 5.74) is 5.93. The van der Waals surface area contributed by atoms with Gasteiger partial charge < -0.3 is 16.0 Å². The molecule has 0 aliphatic carbocycles. The van der Waals surface area contributed by atoms with Crippen LogP contribution in [0.4, 0.5) is 0 Å². The van der Waals surface area contributed by atoms with E-state index in [-0.39, 0.29) is 5.54 Å². The van der Waals surface area contributed by atoms with Gasteiger partial charge in [0.25, 0.3) is 0 Å². The summed E-state index contributed by atoms with van der Waals surface area (Å²) in [5.74, 6) is 0. The van der Waals surface area contributed by atoms with Crippen LogP contribution in [0.15, 0.2) is 0 Å². The van der Waals surface area contributed by atoms with Crippen LogP contribution in [-0.2, 0) is 0 Å². The van der Waals surface area contributed by atoms with Gasteiger partial charge >= 0.3 is 0 Å². The maximum atomic E-state index is 5.77. The molecule has 0 atom stereocenters. The highest BCUT2D eigenvalue weighted by Gasteiger charge is 2.22. The van der Waals surface area contributed by atoms with Gasteiger partial charge in [0.2, 0.25) is 0 Å². The maximum Gasteiger partial charge on any atom is 0.0299 e. The van der Waals surface area contributed by atoms with E-state index in [1.165, 1.54) is 0 Å². The van der Waals surface area contributed by atoms with Crippen LogP contribution in [0.5, 0.6) is 0 Å². The van der Waals surface area contributed by atoms with E-state index in [9.17, 15) is 0 Å². The lowest BCUT2D eigenvalue weighted by Gasteiger charge is -2.32. The fourth-order valence-corrected chi connectivity index (χ4v) is 1.41. The molecule has 0 aliphatic rings. The van der Waals surface area contributed by atoms with Gasteiger partial charge in [-0.15, -0.1) is 0 Å². The predicted octanol–water partition coefficient (Wildman–Crippen LogP) is 0.655. The molecule has 0 heterocycles. The van der Waals surface area contributed by atoms with Crippen molar-refractivity contribution in [2.75, 3.05) is 33.7 Å². The number of rotatable bonds is 7. The molecule has 0 spiro atoms. The average molecular weight is 187 g/mol. The number of nitrogens with zero attached hydrogens (tertiary/aromatic N) is 1. The minimum Gasteiger partial charge on any atom is -0.329 e. The van der Waals surface area contributed by atoms with Crippen molar-refractivity contribution < 1.29 is 0 Å². The molecule has 0 unspecified atom stereocenters. The molecule has 3 heteroatoms. The van der Waals surface area contributed by atoms with E-state index in [4.69, 9.17) is 5.73 Å². The first-order chi connectivity index (χ1) is 6.10. The Bertz CT molecular complexity index is 111. The van der Waals surface area contributed by atoms with E-state index in [1.54, 1.807) is 0 Å². The molecule has 3 nitrogen and oxygen atoms in total. The largest absolute Gasteiger partial charge is 0.329 e. The summed E-state index contributed by atoms with van der Waals surface area (Å²) in [7, 11) is 4.17. The fraction of sp³-hybridized carbons (Fsp3) is 1.00. The van der Waals surface area contributed by atoms with Gasteiger partial charge in [0.1, 0.15) is 0 Å². The topological polar surface area (TPSA) is 41.3 Å². The van der Waals surface area contributed by atoms with E-state index in [1.807, 2.05) is 0 Å². The summed E-state index contributed by atoms with van der Waals surface area (Å²) in [4.78, 5) is 2.18. The molecular weight excluding hydrogens is 162 g/mol. The Morgan fingerprint density at radius 2 is 1.77 bits per heavy atom. The Balaban J connectivity index is 3.81. The van der Waals surface area contributed by atoms with Crippen molar-refractivity contribution in [1.82, 2.24) is 10.2 Å². The minimum absolute atomic E-state index is 0.163. The fourth-order valence-electron chi connectivity index (χ4n) is 1.41. The third-order valence-corrected chi connectivity index (χ3v) is 2.80. The Labute approximate surface area is 82.7 Å². The van der Waals surface area contributed by atoms with Crippen molar-refractivity contribution in [1.29, 1.82) is 0 Å². The third kappa shape index (κ3) is 4.60. The highest BCUT2D eigenvalue weighted by molar-refractivity contribution is 4.86. The van der Waals surface area contributed by atoms with Crippen LogP contribution in [0.1, 0.15) is 26.7 Å². The SMILES string of the molecule is CCC(CC)(CN)NCCN(C)C. The smallest absolute Gasteiger partial charge is 0.0299 e. The highest BCUT2D eigenvalue weighted by Crippen LogP contribution is 2.12. The highest BCUT2D eigenvalue weighted by atomic mass is 15.1. The molecule has 0 aliphatic heterocycles. The predicted molar refractivity (Wildman–Crippen MR) is 58.9 cm³/mol. The van der Waals surface area contributed by atoms with E-state index < -0.39 is 0 Å². The zero-order chi connectivity index (χ0) is 10.3. The molecule has 0 radical (unpaired) electrons. The first-order valence-electron chi connectivity index (χ1n) is 5.20. The average Bonchev–Trinajstić information content (AvgIpc) is 2.13. The van der Waals surface area contributed by atoms with E-state index in [0.29, 0.717) is 0 Å². The normalized spacial score (nSPS) is 12.5. The van der Waals surface area contributed by atoms with Crippen molar-refractivity contribution in [3.05, 3.63) is 0 Å². The van der Waals surface area contributed by atoms with Crippen LogP contribution in [0, 0.1) is 0 Å². The molecule has 0 aromatic carbocycles. The van der Waals surface area contributed by atoms with Gasteiger partial charge in [0.15, 0.2) is 0 Å². The van der Waals surface area contributed by atoms with Gasteiger partial charge in [-0.05, 0) is 26.9 Å². The van der Waals surface area contributed by atoms with Crippen molar-refractivity contribution in [3.63, 3.8) is 0 Å². The third-order valence-electron chi connectivity index (χ3n) is 2.80. The second-order valence-corrected chi connectivity index (χ2v) is 3.92. The quantitative estimate of drug-likeness (QED) is 0.615. The zero-order valence-corrected chi connectivity index (χ0v) is 9.56. The van der Waals surface area contributed by atoms with E-state index in [0.717, 1.165) is 32.5 Å². The minimum atomic E-state index is 0.163. The summed E-state index contributed by atoms with van der Waals surface area (Å²) >= 11 is 0. The van der Waals surface area contributed by atoms with Gasteiger partial charge in [-0.1, -0.05) is 13.8 Å². The lowest BCUT2D eigenvalue weighted by molar-refractivity contribution is 0.288. The summed E-state index contributed by atoms with van der Waals surface area (Å²) in [6.45, 7) is 7.21. The van der Waals surface area contributed by atoms with Gasteiger partial charge in [0.05, 0.1) is 0 Å². The molecule has 0 rings (SSSR count). The second kappa shape index (κ2) is 6.35. The Kier molecular flexibility index (Phi) is 6.29. The van der Waals surface area contributed by atoms with Gasteiger partial charge in [0, 0.05) is 25.2 Å². The maximum absolute atomic E-state index is 5.77. The van der Waals surface area contributed by atoms with Gasteiger partial charge in [-0.3, -0.25) is 0 Å². The number of hydrogen-bond acceptors (Lipinski definition) is 3. The summed E-state index contributed by atoms with van der Waals surface area (Å²) in [5, 5.41) is 3.55. The Morgan fingerprint density at radius 1 is 1.23 bits per heavy atom. The first kappa shape index (κ1) is 12.9. The van der Waals surface area contributed by atoms with Crippen LogP contribution < -0.4 is 11.1 Å². The number of nitrogens with one attached hydrogen (secondary N) is 1. The van der Waals surface area contributed by atoms with E-state index in [2.05, 4.69) is 38.2 Å². The first-order valence-corrected chi connectivity index (χ1v) is 5.20. The molecule has 13 heavy (non-hydrogen) atoms. The molecule has 0 bridgehead atoms. The molecule has 0 fully saturated rings. The molecule has 80 valence electrons. The van der Waals surface area contributed by atoms with Crippen molar-refractivity contribution in [2.45, 2.75) is 32.2 Å². The second-order valence-electron chi connectivity index (χ2n) is 3.92. The van der Waals surface area contributed by atoms with Crippen molar-refractivity contribution in [3.8, 4) is 0 Å². The zero-order valence-electron chi connectivity index (χ0n) is 9.56. The molecule has 0 aromatic heterocycles. The Morgan fingerprint density at radius 3 is 2.08 bits per heavy atom. The van der Waals surface area contributed by atoms with Crippen LogP contribution >= 0.6 is 0 Å². The molecule has 0 saturated carbocycles. The van der Waals surface area contributed by atoms with Crippen molar-refractivity contribution in [2.24, 2.45) is 5.73 Å². The van der Waals surface area contributed by atoms with E-state index >= 15 is 0 Å². The van der Waals surface area contributed by atoms with Gasteiger partial charge in [-0.25, -0.2) is 0 Å². The molecule has 0 saturated heterocycles. The molecule has 0 aromatic rings. The van der Waals surface area contributed by atoms with Crippen LogP contribution in [0.2, 0.25) is 0 Å². The molecule has 0 amide bonds. The van der Waals surface area contributed by atoms with Crippen LogP contribution in [-0.4, -0.2) is 44.2 Å². The Hall–Kier alpha value is -0.120. The molecular formula is C10H25N3.